The molecule has 0 radical (unpaired) electrons. The first kappa shape index (κ1) is 16.9. The number of amides is 1. The summed E-state index contributed by atoms with van der Waals surface area (Å²) in [5.41, 5.74) is 1.90. The molecule has 2 heterocycles. The maximum atomic E-state index is 12.3. The quantitative estimate of drug-likeness (QED) is 0.677. The van der Waals surface area contributed by atoms with E-state index >= 15 is 0 Å². The molecule has 25 heavy (non-hydrogen) atoms. The molecule has 0 saturated carbocycles. The summed E-state index contributed by atoms with van der Waals surface area (Å²) in [5, 5.41) is 14.1. The maximum absolute atomic E-state index is 12.3. The van der Waals surface area contributed by atoms with E-state index in [1.54, 1.807) is 6.07 Å². The number of carbonyl (C=O) groups is 1. The molecule has 1 aromatic heterocycles. The molecule has 0 fully saturated rings. The van der Waals surface area contributed by atoms with Crippen LogP contribution in [-0.2, 0) is 4.79 Å². The van der Waals surface area contributed by atoms with E-state index in [9.17, 15) is 14.9 Å². The van der Waals surface area contributed by atoms with Crippen molar-refractivity contribution in [3.63, 3.8) is 0 Å². The first-order chi connectivity index (χ1) is 12.0. The monoisotopic (exact) mass is 340 g/mol. The van der Waals surface area contributed by atoms with E-state index in [0.717, 1.165) is 17.7 Å². The summed E-state index contributed by atoms with van der Waals surface area (Å²) in [6, 6.07) is 10.9. The second-order valence-corrected chi connectivity index (χ2v) is 6.12. The molecule has 1 N–H and O–H groups in total. The molecular weight excluding hydrogens is 320 g/mol. The molecular formula is C18H20N4O3. The molecule has 0 aliphatic carbocycles. The second kappa shape index (κ2) is 6.88. The summed E-state index contributed by atoms with van der Waals surface area (Å²) in [4.78, 5) is 28.6. The number of rotatable bonds is 4. The fourth-order valence-electron chi connectivity index (χ4n) is 3.26. The van der Waals surface area contributed by atoms with Crippen molar-refractivity contribution in [1.29, 1.82) is 0 Å². The van der Waals surface area contributed by atoms with E-state index < -0.39 is 4.92 Å². The lowest BCUT2D eigenvalue weighted by molar-refractivity contribution is -0.385. The number of hydrogen-bond donors (Lipinski definition) is 1. The van der Waals surface area contributed by atoms with Crippen molar-refractivity contribution in [2.24, 2.45) is 0 Å². The Hall–Kier alpha value is -2.96. The molecule has 2 aromatic rings. The largest absolute Gasteiger partial charge is 0.363 e. The highest BCUT2D eigenvalue weighted by Crippen LogP contribution is 2.38. The van der Waals surface area contributed by atoms with Gasteiger partial charge < -0.3 is 10.2 Å². The normalized spacial score (nSPS) is 19.2. The van der Waals surface area contributed by atoms with Crippen LogP contribution >= 0.6 is 0 Å². The molecule has 0 saturated heterocycles. The van der Waals surface area contributed by atoms with Crippen LogP contribution < -0.4 is 10.2 Å². The van der Waals surface area contributed by atoms with Gasteiger partial charge in [-0.2, -0.15) is 0 Å². The Morgan fingerprint density at radius 2 is 2.12 bits per heavy atom. The number of nitrogens with zero attached hydrogens (tertiary/aromatic N) is 3. The summed E-state index contributed by atoms with van der Waals surface area (Å²) in [7, 11) is 0. The van der Waals surface area contributed by atoms with Crippen molar-refractivity contribution >= 4 is 23.1 Å². The predicted octanol–water partition coefficient (Wildman–Crippen LogP) is 3.68. The van der Waals surface area contributed by atoms with E-state index in [-0.39, 0.29) is 23.7 Å². The number of nitro groups is 1. The van der Waals surface area contributed by atoms with Gasteiger partial charge in [0.05, 0.1) is 11.0 Å². The molecule has 7 heteroatoms. The molecule has 2 atom stereocenters. The average molecular weight is 340 g/mol. The molecule has 1 aliphatic rings. The zero-order chi connectivity index (χ0) is 18.0. The van der Waals surface area contributed by atoms with Gasteiger partial charge >= 0.3 is 0 Å². The highest BCUT2D eigenvalue weighted by Gasteiger charge is 2.32. The molecule has 0 spiro atoms. The highest BCUT2D eigenvalue weighted by molar-refractivity contribution is 5.95. The van der Waals surface area contributed by atoms with Crippen molar-refractivity contribution in [1.82, 2.24) is 4.98 Å². The number of anilines is 2. The van der Waals surface area contributed by atoms with Gasteiger partial charge in [0.25, 0.3) is 5.69 Å². The molecule has 1 aromatic carbocycles. The maximum Gasteiger partial charge on any atom is 0.287 e. The lowest BCUT2D eigenvalue weighted by Crippen LogP contribution is -2.44. The van der Waals surface area contributed by atoms with Crippen molar-refractivity contribution in [2.45, 2.75) is 38.8 Å². The predicted molar refractivity (Wildman–Crippen MR) is 95.6 cm³/mol. The minimum Gasteiger partial charge on any atom is -0.363 e. The Balaban J connectivity index is 1.89. The molecule has 0 bridgehead atoms. The number of para-hydroxylation sites is 1. The van der Waals surface area contributed by atoms with Crippen molar-refractivity contribution in [2.75, 3.05) is 10.2 Å². The van der Waals surface area contributed by atoms with Crippen molar-refractivity contribution < 1.29 is 9.72 Å². The standard InChI is InChI=1S/C18H20N4O3/c1-3-18(23)21-12(2)10-15(14-6-4-5-7-16(14)21)20-17-9-8-13(11-19-17)22(24)25/h4-9,11-12,15H,3,10H2,1-2H3,(H,19,20). The zero-order valence-corrected chi connectivity index (χ0v) is 14.2. The van der Waals surface area contributed by atoms with Gasteiger partial charge in [0.1, 0.15) is 12.0 Å². The summed E-state index contributed by atoms with van der Waals surface area (Å²) in [5.74, 6) is 0.680. The fourth-order valence-corrected chi connectivity index (χ4v) is 3.26. The van der Waals surface area contributed by atoms with Gasteiger partial charge in [-0.15, -0.1) is 0 Å². The molecule has 3 rings (SSSR count). The van der Waals surface area contributed by atoms with Gasteiger partial charge in [0, 0.05) is 24.2 Å². The van der Waals surface area contributed by atoms with Gasteiger partial charge in [-0.3, -0.25) is 14.9 Å². The lowest BCUT2D eigenvalue weighted by atomic mass is 9.91. The number of fused-ring (bicyclic) bond motifs is 1. The van der Waals surface area contributed by atoms with E-state index in [0.29, 0.717) is 12.2 Å². The number of nitrogens with one attached hydrogen (secondary N) is 1. The number of carbonyl (C=O) groups excluding carboxylic acids is 1. The third-order valence-corrected chi connectivity index (χ3v) is 4.44. The Morgan fingerprint density at radius 1 is 1.36 bits per heavy atom. The van der Waals surface area contributed by atoms with E-state index in [1.807, 2.05) is 43.0 Å². The third-order valence-electron chi connectivity index (χ3n) is 4.44. The second-order valence-electron chi connectivity index (χ2n) is 6.12. The first-order valence-corrected chi connectivity index (χ1v) is 8.29. The van der Waals surface area contributed by atoms with Crippen molar-refractivity contribution in [3.05, 3.63) is 58.3 Å². The van der Waals surface area contributed by atoms with Gasteiger partial charge in [-0.25, -0.2) is 4.98 Å². The number of hydrogen-bond acceptors (Lipinski definition) is 5. The molecule has 1 amide bonds. The van der Waals surface area contributed by atoms with Crippen LogP contribution in [0.25, 0.3) is 0 Å². The minimum absolute atomic E-state index is 0.0129. The average Bonchev–Trinajstić information content (AvgIpc) is 2.62. The Kier molecular flexibility index (Phi) is 4.65. The highest BCUT2D eigenvalue weighted by atomic mass is 16.6. The summed E-state index contributed by atoms with van der Waals surface area (Å²) in [6.07, 6.45) is 2.44. The van der Waals surface area contributed by atoms with Crippen LogP contribution in [0, 0.1) is 10.1 Å². The number of benzene rings is 1. The van der Waals surface area contributed by atoms with Gasteiger partial charge in [-0.1, -0.05) is 25.1 Å². The summed E-state index contributed by atoms with van der Waals surface area (Å²) >= 11 is 0. The molecule has 1 aliphatic heterocycles. The van der Waals surface area contributed by atoms with Gasteiger partial charge in [0.15, 0.2) is 0 Å². The summed E-state index contributed by atoms with van der Waals surface area (Å²) in [6.45, 7) is 3.89. The van der Waals surface area contributed by atoms with Gasteiger partial charge in [-0.05, 0) is 31.0 Å². The molecule has 130 valence electrons. The summed E-state index contributed by atoms with van der Waals surface area (Å²) < 4.78 is 0. The van der Waals surface area contributed by atoms with E-state index in [2.05, 4.69) is 10.3 Å². The number of pyridine rings is 1. The van der Waals surface area contributed by atoms with Crippen LogP contribution in [0.2, 0.25) is 0 Å². The molecule has 7 nitrogen and oxygen atoms in total. The van der Waals surface area contributed by atoms with Crippen LogP contribution in [0.15, 0.2) is 42.6 Å². The van der Waals surface area contributed by atoms with E-state index in [1.165, 1.54) is 12.3 Å². The minimum atomic E-state index is -0.469. The van der Waals surface area contributed by atoms with Crippen LogP contribution in [-0.4, -0.2) is 21.9 Å². The zero-order valence-electron chi connectivity index (χ0n) is 14.2. The number of aromatic nitrogens is 1. The molecule has 2 unspecified atom stereocenters. The Morgan fingerprint density at radius 3 is 2.76 bits per heavy atom. The van der Waals surface area contributed by atoms with Crippen LogP contribution in [0.4, 0.5) is 17.2 Å². The Labute approximate surface area is 145 Å². The van der Waals surface area contributed by atoms with E-state index in [4.69, 9.17) is 0 Å². The van der Waals surface area contributed by atoms with Crippen LogP contribution in [0.5, 0.6) is 0 Å². The Bertz CT molecular complexity index is 791. The third kappa shape index (κ3) is 3.31. The van der Waals surface area contributed by atoms with Crippen LogP contribution in [0.1, 0.15) is 38.3 Å². The first-order valence-electron chi connectivity index (χ1n) is 8.29. The SMILES string of the molecule is CCC(=O)N1c2ccccc2C(Nc2ccc([N+](=O)[O-])cn2)CC1C. The smallest absolute Gasteiger partial charge is 0.287 e. The van der Waals surface area contributed by atoms with Crippen LogP contribution in [0.3, 0.4) is 0 Å². The lowest BCUT2D eigenvalue weighted by Gasteiger charge is -2.39. The topological polar surface area (TPSA) is 88.4 Å². The van der Waals surface area contributed by atoms with Gasteiger partial charge in [0.2, 0.25) is 5.91 Å². The van der Waals surface area contributed by atoms with Crippen molar-refractivity contribution in [3.8, 4) is 0 Å². The fraction of sp³-hybridized carbons (Fsp3) is 0.333.